The minimum atomic E-state index is -0.212. The summed E-state index contributed by atoms with van der Waals surface area (Å²) in [5.74, 6) is 0.556. The number of hydrogen-bond acceptors (Lipinski definition) is 2. The van der Waals surface area contributed by atoms with Gasteiger partial charge in [0.05, 0.1) is 17.3 Å². The summed E-state index contributed by atoms with van der Waals surface area (Å²) in [6.45, 7) is 8.59. The second kappa shape index (κ2) is 4.40. The van der Waals surface area contributed by atoms with E-state index in [1.807, 2.05) is 0 Å². The lowest BCUT2D eigenvalue weighted by molar-refractivity contribution is -0.217. The Morgan fingerprint density at radius 3 is 2.53 bits per heavy atom. The Kier molecular flexibility index (Phi) is 3.39. The standard InChI is InChI=1S/C15H26O2/c1-11-5-7-12(8-6-11)15(4)10-13(16)9-14(2,3)17-15/h5,12-13,16H,6-10H2,1-4H3/t12-,13-,15+/m0/s1. The van der Waals surface area contributed by atoms with Gasteiger partial charge in [0.15, 0.2) is 0 Å². The number of ether oxygens (including phenoxy) is 1. The first-order chi connectivity index (χ1) is 7.81. The van der Waals surface area contributed by atoms with Crippen molar-refractivity contribution in [3.63, 3.8) is 0 Å². The molecular formula is C15H26O2. The van der Waals surface area contributed by atoms with Gasteiger partial charge in [0.1, 0.15) is 0 Å². The molecule has 0 aromatic carbocycles. The summed E-state index contributed by atoms with van der Waals surface area (Å²) >= 11 is 0. The highest BCUT2D eigenvalue weighted by Crippen LogP contribution is 2.44. The largest absolute Gasteiger partial charge is 0.393 e. The van der Waals surface area contributed by atoms with Crippen LogP contribution in [0.1, 0.15) is 59.8 Å². The smallest absolute Gasteiger partial charge is 0.0717 e. The summed E-state index contributed by atoms with van der Waals surface area (Å²) in [6.07, 6.45) is 7.15. The van der Waals surface area contributed by atoms with Crippen LogP contribution in [0.3, 0.4) is 0 Å². The summed E-state index contributed by atoms with van der Waals surface area (Å²) in [5.41, 5.74) is 1.15. The van der Waals surface area contributed by atoms with Crippen molar-refractivity contribution in [3.8, 4) is 0 Å². The molecule has 0 saturated carbocycles. The van der Waals surface area contributed by atoms with Crippen molar-refractivity contribution in [3.05, 3.63) is 11.6 Å². The summed E-state index contributed by atoms with van der Waals surface area (Å²) in [7, 11) is 0. The molecule has 0 unspecified atom stereocenters. The van der Waals surface area contributed by atoms with Gasteiger partial charge in [0.25, 0.3) is 0 Å². The third-order valence-electron chi connectivity index (χ3n) is 4.38. The van der Waals surface area contributed by atoms with Crippen LogP contribution in [0.4, 0.5) is 0 Å². The van der Waals surface area contributed by atoms with Crippen molar-refractivity contribution in [1.82, 2.24) is 0 Å². The van der Waals surface area contributed by atoms with Gasteiger partial charge in [-0.05, 0) is 52.9 Å². The number of aliphatic hydroxyl groups excluding tert-OH is 1. The van der Waals surface area contributed by atoms with Crippen molar-refractivity contribution >= 4 is 0 Å². The lowest BCUT2D eigenvalue weighted by Crippen LogP contribution is -2.53. The predicted octanol–water partition coefficient (Wildman–Crippen LogP) is 3.44. The molecule has 0 spiro atoms. The Balaban J connectivity index is 2.12. The first-order valence-corrected chi connectivity index (χ1v) is 6.85. The molecule has 2 nitrogen and oxygen atoms in total. The highest BCUT2D eigenvalue weighted by Gasteiger charge is 2.45. The Bertz CT molecular complexity index is 319. The number of aliphatic hydroxyl groups is 1. The maximum Gasteiger partial charge on any atom is 0.0717 e. The molecule has 0 radical (unpaired) electrons. The summed E-state index contributed by atoms with van der Waals surface area (Å²) in [4.78, 5) is 0. The molecule has 0 bridgehead atoms. The predicted molar refractivity (Wildman–Crippen MR) is 69.9 cm³/mol. The maximum absolute atomic E-state index is 10.1. The normalized spacial score (nSPS) is 42.1. The summed E-state index contributed by atoms with van der Waals surface area (Å²) in [6, 6.07) is 0. The topological polar surface area (TPSA) is 29.5 Å². The second-order valence-electron chi connectivity index (χ2n) is 6.76. The van der Waals surface area contributed by atoms with Crippen LogP contribution in [0.5, 0.6) is 0 Å². The molecule has 0 aromatic rings. The zero-order valence-electron chi connectivity index (χ0n) is 11.6. The molecule has 1 aliphatic heterocycles. The molecule has 0 aromatic heterocycles. The average molecular weight is 238 g/mol. The van der Waals surface area contributed by atoms with Gasteiger partial charge in [0.2, 0.25) is 0 Å². The van der Waals surface area contributed by atoms with Crippen LogP contribution in [-0.2, 0) is 4.74 Å². The number of hydrogen-bond donors (Lipinski definition) is 1. The fraction of sp³-hybridized carbons (Fsp3) is 0.867. The van der Waals surface area contributed by atoms with E-state index in [4.69, 9.17) is 4.74 Å². The van der Waals surface area contributed by atoms with E-state index in [-0.39, 0.29) is 17.3 Å². The molecule has 1 aliphatic carbocycles. The zero-order chi connectivity index (χ0) is 12.7. The van der Waals surface area contributed by atoms with Gasteiger partial charge < -0.3 is 9.84 Å². The quantitative estimate of drug-likeness (QED) is 0.709. The minimum absolute atomic E-state index is 0.154. The lowest BCUT2D eigenvalue weighted by atomic mass is 9.73. The van der Waals surface area contributed by atoms with Crippen LogP contribution in [0.2, 0.25) is 0 Å². The second-order valence-corrected chi connectivity index (χ2v) is 6.76. The van der Waals surface area contributed by atoms with E-state index in [1.54, 1.807) is 0 Å². The van der Waals surface area contributed by atoms with E-state index in [2.05, 4.69) is 33.8 Å². The van der Waals surface area contributed by atoms with Crippen molar-refractivity contribution in [2.24, 2.45) is 5.92 Å². The third kappa shape index (κ3) is 2.92. The van der Waals surface area contributed by atoms with E-state index < -0.39 is 0 Å². The van der Waals surface area contributed by atoms with Crippen molar-refractivity contribution in [2.45, 2.75) is 77.1 Å². The molecule has 2 rings (SSSR count). The lowest BCUT2D eigenvalue weighted by Gasteiger charge is -2.50. The molecule has 2 heteroatoms. The van der Waals surface area contributed by atoms with Gasteiger partial charge in [-0.1, -0.05) is 11.6 Å². The zero-order valence-corrected chi connectivity index (χ0v) is 11.6. The summed E-state index contributed by atoms with van der Waals surface area (Å²) in [5, 5.41) is 10.1. The molecule has 1 fully saturated rings. The van der Waals surface area contributed by atoms with E-state index in [0.717, 1.165) is 19.3 Å². The fourth-order valence-corrected chi connectivity index (χ4v) is 3.59. The molecule has 0 amide bonds. The molecule has 3 atom stereocenters. The van der Waals surface area contributed by atoms with E-state index >= 15 is 0 Å². The Labute approximate surface area is 105 Å². The van der Waals surface area contributed by atoms with Crippen LogP contribution in [0.15, 0.2) is 11.6 Å². The van der Waals surface area contributed by atoms with Crippen LogP contribution >= 0.6 is 0 Å². The molecule has 98 valence electrons. The number of allylic oxidation sites excluding steroid dienone is 2. The van der Waals surface area contributed by atoms with Gasteiger partial charge in [-0.3, -0.25) is 0 Å². The monoisotopic (exact) mass is 238 g/mol. The Morgan fingerprint density at radius 1 is 1.29 bits per heavy atom. The van der Waals surface area contributed by atoms with Gasteiger partial charge in [0, 0.05) is 12.8 Å². The highest BCUT2D eigenvalue weighted by atomic mass is 16.5. The Morgan fingerprint density at radius 2 is 2.00 bits per heavy atom. The maximum atomic E-state index is 10.1. The SMILES string of the molecule is CC1=CC[C@H]([C@@]2(C)C[C@@H](O)CC(C)(C)O2)CC1. The molecule has 2 aliphatic rings. The Hall–Kier alpha value is -0.340. The van der Waals surface area contributed by atoms with E-state index in [1.165, 1.54) is 18.4 Å². The van der Waals surface area contributed by atoms with Crippen LogP contribution in [-0.4, -0.2) is 22.4 Å². The van der Waals surface area contributed by atoms with Crippen LogP contribution in [0.25, 0.3) is 0 Å². The first kappa shape index (κ1) is 13.1. The van der Waals surface area contributed by atoms with Crippen molar-refractivity contribution in [2.75, 3.05) is 0 Å². The molecule has 1 heterocycles. The molecule has 1 N–H and O–H groups in total. The van der Waals surface area contributed by atoms with Gasteiger partial charge >= 0.3 is 0 Å². The first-order valence-electron chi connectivity index (χ1n) is 6.85. The minimum Gasteiger partial charge on any atom is -0.393 e. The van der Waals surface area contributed by atoms with Crippen LogP contribution in [0, 0.1) is 5.92 Å². The van der Waals surface area contributed by atoms with Gasteiger partial charge in [-0.2, -0.15) is 0 Å². The molecule has 1 saturated heterocycles. The number of rotatable bonds is 1. The van der Waals surface area contributed by atoms with Crippen molar-refractivity contribution in [1.29, 1.82) is 0 Å². The van der Waals surface area contributed by atoms with Gasteiger partial charge in [-0.25, -0.2) is 0 Å². The van der Waals surface area contributed by atoms with E-state index in [0.29, 0.717) is 5.92 Å². The molecular weight excluding hydrogens is 212 g/mol. The van der Waals surface area contributed by atoms with Crippen LogP contribution < -0.4 is 0 Å². The molecule has 17 heavy (non-hydrogen) atoms. The van der Waals surface area contributed by atoms with Crippen molar-refractivity contribution < 1.29 is 9.84 Å². The van der Waals surface area contributed by atoms with E-state index in [9.17, 15) is 5.11 Å². The fourth-order valence-electron chi connectivity index (χ4n) is 3.59. The highest BCUT2D eigenvalue weighted by molar-refractivity contribution is 5.07. The average Bonchev–Trinajstić information content (AvgIpc) is 2.14. The summed E-state index contributed by atoms with van der Waals surface area (Å²) < 4.78 is 6.32. The van der Waals surface area contributed by atoms with Gasteiger partial charge in [-0.15, -0.1) is 0 Å². The third-order valence-corrected chi connectivity index (χ3v) is 4.38.